The molecule has 5 rings (SSSR count). The van der Waals surface area contributed by atoms with E-state index < -0.39 is 5.54 Å². The Balaban J connectivity index is 1.58. The zero-order chi connectivity index (χ0) is 22.5. The SMILES string of the molecule is CCn1ncc2cc(C3C(C)C(N)=NC3(C)c3cc(-c4cccc(C#N)c4)cs3)ccc21. The number of aromatic nitrogens is 2. The van der Waals surface area contributed by atoms with E-state index in [4.69, 9.17) is 10.7 Å². The highest BCUT2D eigenvalue weighted by Gasteiger charge is 2.47. The highest BCUT2D eigenvalue weighted by Crippen LogP contribution is 2.51. The molecule has 0 radical (unpaired) electrons. The summed E-state index contributed by atoms with van der Waals surface area (Å²) in [6.45, 7) is 7.31. The third-order valence-corrected chi connectivity index (χ3v) is 7.84. The Hall–Kier alpha value is -3.43. The molecular formula is C26H25N5S. The first-order valence-electron chi connectivity index (χ1n) is 10.8. The summed E-state index contributed by atoms with van der Waals surface area (Å²) < 4.78 is 2.02. The lowest BCUT2D eigenvalue weighted by Crippen LogP contribution is -2.28. The largest absolute Gasteiger partial charge is 0.387 e. The first-order valence-corrected chi connectivity index (χ1v) is 11.7. The van der Waals surface area contributed by atoms with E-state index >= 15 is 0 Å². The summed E-state index contributed by atoms with van der Waals surface area (Å²) in [5.74, 6) is 0.961. The number of nitrogens with two attached hydrogens (primary N) is 1. The molecular weight excluding hydrogens is 414 g/mol. The zero-order valence-corrected chi connectivity index (χ0v) is 19.2. The van der Waals surface area contributed by atoms with Gasteiger partial charge in [0.2, 0.25) is 0 Å². The zero-order valence-electron chi connectivity index (χ0n) is 18.4. The van der Waals surface area contributed by atoms with Gasteiger partial charge in [-0.05, 0) is 66.2 Å². The molecule has 0 bridgehead atoms. The van der Waals surface area contributed by atoms with E-state index in [1.165, 1.54) is 10.4 Å². The van der Waals surface area contributed by atoms with Crippen molar-refractivity contribution in [2.45, 2.75) is 38.8 Å². The summed E-state index contributed by atoms with van der Waals surface area (Å²) in [7, 11) is 0. The van der Waals surface area contributed by atoms with Crippen LogP contribution in [-0.4, -0.2) is 15.6 Å². The molecule has 2 aromatic heterocycles. The Kier molecular flexibility index (Phi) is 4.87. The second kappa shape index (κ2) is 7.61. The second-order valence-electron chi connectivity index (χ2n) is 8.62. The van der Waals surface area contributed by atoms with Crippen LogP contribution < -0.4 is 5.73 Å². The van der Waals surface area contributed by atoms with Gasteiger partial charge in [0.1, 0.15) is 5.54 Å². The molecule has 0 aliphatic carbocycles. The molecule has 2 aromatic carbocycles. The van der Waals surface area contributed by atoms with Crippen LogP contribution in [-0.2, 0) is 12.1 Å². The Bertz CT molecular complexity index is 1390. The maximum Gasteiger partial charge on any atom is 0.101 e. The van der Waals surface area contributed by atoms with Crippen LogP contribution in [0.3, 0.4) is 0 Å². The maximum atomic E-state index is 9.25. The van der Waals surface area contributed by atoms with Crippen molar-refractivity contribution in [1.82, 2.24) is 9.78 Å². The van der Waals surface area contributed by atoms with Gasteiger partial charge in [-0.1, -0.05) is 25.1 Å². The summed E-state index contributed by atoms with van der Waals surface area (Å²) in [6.07, 6.45) is 1.94. The van der Waals surface area contributed by atoms with E-state index in [0.29, 0.717) is 11.4 Å². The third kappa shape index (κ3) is 3.12. The van der Waals surface area contributed by atoms with Crippen LogP contribution in [0.2, 0.25) is 0 Å². The molecule has 6 heteroatoms. The molecule has 0 fully saturated rings. The molecule has 2 N–H and O–H groups in total. The average molecular weight is 440 g/mol. The van der Waals surface area contributed by atoms with Crippen LogP contribution >= 0.6 is 11.3 Å². The molecule has 3 heterocycles. The van der Waals surface area contributed by atoms with E-state index in [1.54, 1.807) is 11.3 Å². The van der Waals surface area contributed by atoms with Gasteiger partial charge in [-0.15, -0.1) is 11.3 Å². The van der Waals surface area contributed by atoms with Gasteiger partial charge in [-0.3, -0.25) is 9.67 Å². The lowest BCUT2D eigenvalue weighted by atomic mass is 9.75. The molecule has 1 aliphatic rings. The maximum absolute atomic E-state index is 9.25. The summed E-state index contributed by atoms with van der Waals surface area (Å²) in [5.41, 5.74) is 11.2. The number of nitrogens with zero attached hydrogens (tertiary/aromatic N) is 4. The van der Waals surface area contributed by atoms with Gasteiger partial charge in [0.05, 0.1) is 29.2 Å². The van der Waals surface area contributed by atoms with E-state index in [0.717, 1.165) is 28.6 Å². The Morgan fingerprint density at radius 2 is 2.03 bits per heavy atom. The first kappa shape index (κ1) is 20.5. The van der Waals surface area contributed by atoms with Crippen molar-refractivity contribution in [2.75, 3.05) is 0 Å². The number of thiophene rings is 1. The number of aliphatic imine (C=N–C) groups is 1. The summed E-state index contributed by atoms with van der Waals surface area (Å²) >= 11 is 1.71. The molecule has 0 saturated heterocycles. The van der Waals surface area contributed by atoms with Crippen molar-refractivity contribution in [3.05, 3.63) is 76.1 Å². The highest BCUT2D eigenvalue weighted by atomic mass is 32.1. The van der Waals surface area contributed by atoms with Crippen LogP contribution in [0.1, 0.15) is 42.7 Å². The molecule has 1 aliphatic heterocycles. The Labute approximate surface area is 191 Å². The number of rotatable bonds is 4. The molecule has 3 unspecified atom stereocenters. The van der Waals surface area contributed by atoms with Gasteiger partial charge in [-0.25, -0.2) is 0 Å². The van der Waals surface area contributed by atoms with Gasteiger partial charge in [0, 0.05) is 28.6 Å². The van der Waals surface area contributed by atoms with Gasteiger partial charge < -0.3 is 5.73 Å². The highest BCUT2D eigenvalue weighted by molar-refractivity contribution is 7.10. The fraction of sp³-hybridized carbons (Fsp3) is 0.269. The monoisotopic (exact) mass is 439 g/mol. The van der Waals surface area contributed by atoms with Gasteiger partial charge >= 0.3 is 0 Å². The number of hydrogen-bond donors (Lipinski definition) is 1. The lowest BCUT2D eigenvalue weighted by molar-refractivity contribution is 0.390. The Morgan fingerprint density at radius 3 is 2.81 bits per heavy atom. The Morgan fingerprint density at radius 1 is 1.19 bits per heavy atom. The molecule has 3 atom stereocenters. The predicted octanol–water partition coefficient (Wildman–Crippen LogP) is 5.66. The van der Waals surface area contributed by atoms with E-state index in [2.05, 4.69) is 61.6 Å². The standard InChI is InChI=1S/C26H25N5S/c1-4-31-22-9-8-19(11-20(22)14-29-31)24-16(2)25(28)30-26(24,3)23-12-21(15-32-23)18-7-5-6-17(10-18)13-27/h5-12,14-16,24H,4H2,1-3H3,(H2,28,30). The minimum absolute atomic E-state index is 0.131. The van der Waals surface area contributed by atoms with Crippen molar-refractivity contribution in [3.8, 4) is 17.2 Å². The predicted molar refractivity (Wildman–Crippen MR) is 131 cm³/mol. The van der Waals surface area contributed by atoms with Crippen molar-refractivity contribution in [2.24, 2.45) is 16.6 Å². The van der Waals surface area contributed by atoms with Crippen molar-refractivity contribution < 1.29 is 0 Å². The molecule has 160 valence electrons. The normalized spacial score (nSPS) is 22.8. The van der Waals surface area contributed by atoms with Crippen LogP contribution in [0, 0.1) is 17.2 Å². The van der Waals surface area contributed by atoms with Crippen molar-refractivity contribution in [1.29, 1.82) is 5.26 Å². The topological polar surface area (TPSA) is 80.0 Å². The third-order valence-electron chi connectivity index (χ3n) is 6.68. The summed E-state index contributed by atoms with van der Waals surface area (Å²) in [4.78, 5) is 6.18. The summed E-state index contributed by atoms with van der Waals surface area (Å²) in [6, 6.07) is 18.8. The number of aryl methyl sites for hydroxylation is 1. The fourth-order valence-corrected chi connectivity index (χ4v) is 6.06. The molecule has 32 heavy (non-hydrogen) atoms. The molecule has 0 amide bonds. The smallest absolute Gasteiger partial charge is 0.101 e. The molecule has 0 saturated carbocycles. The number of fused-ring (bicyclic) bond motifs is 1. The van der Waals surface area contributed by atoms with Crippen LogP contribution in [0.25, 0.3) is 22.0 Å². The number of hydrogen-bond acceptors (Lipinski definition) is 5. The fourth-order valence-electron chi connectivity index (χ4n) is 4.99. The average Bonchev–Trinajstić information content (AvgIpc) is 3.51. The molecule has 0 spiro atoms. The number of nitriles is 1. The molecule has 5 nitrogen and oxygen atoms in total. The van der Waals surface area contributed by atoms with Gasteiger partial charge in [0.15, 0.2) is 0 Å². The first-order chi connectivity index (χ1) is 15.4. The minimum atomic E-state index is -0.451. The van der Waals surface area contributed by atoms with E-state index in [1.807, 2.05) is 35.1 Å². The minimum Gasteiger partial charge on any atom is -0.387 e. The lowest BCUT2D eigenvalue weighted by Gasteiger charge is -2.31. The summed E-state index contributed by atoms with van der Waals surface area (Å²) in [5, 5.41) is 17.1. The van der Waals surface area contributed by atoms with Crippen LogP contribution in [0.5, 0.6) is 0 Å². The van der Waals surface area contributed by atoms with Crippen molar-refractivity contribution >= 4 is 28.1 Å². The quantitative estimate of drug-likeness (QED) is 0.445. The van der Waals surface area contributed by atoms with Crippen molar-refractivity contribution in [3.63, 3.8) is 0 Å². The van der Waals surface area contributed by atoms with Gasteiger partial charge in [0.25, 0.3) is 0 Å². The van der Waals surface area contributed by atoms with Crippen LogP contribution in [0.15, 0.2) is 65.1 Å². The molecule has 4 aromatic rings. The number of benzene rings is 2. The number of amidine groups is 1. The van der Waals surface area contributed by atoms with E-state index in [9.17, 15) is 5.26 Å². The van der Waals surface area contributed by atoms with Crippen LogP contribution in [0.4, 0.5) is 0 Å². The van der Waals surface area contributed by atoms with Gasteiger partial charge in [-0.2, -0.15) is 10.4 Å². The second-order valence-corrected chi connectivity index (χ2v) is 9.53. The van der Waals surface area contributed by atoms with E-state index in [-0.39, 0.29) is 11.8 Å².